The number of hydrogen-bond donors (Lipinski definition) is 2. The highest BCUT2D eigenvalue weighted by molar-refractivity contribution is 7.92. The molecule has 0 unspecified atom stereocenters. The van der Waals surface area contributed by atoms with Crippen molar-refractivity contribution in [3.63, 3.8) is 0 Å². The zero-order valence-electron chi connectivity index (χ0n) is 17.0. The Kier molecular flexibility index (Phi) is 6.64. The summed E-state index contributed by atoms with van der Waals surface area (Å²) in [5.74, 6) is -2.03. The molecular formula is C21H25ClF2N4O2S. The van der Waals surface area contributed by atoms with Gasteiger partial charge in [-0.25, -0.2) is 17.8 Å². The molecule has 10 heteroatoms. The Hall–Kier alpha value is -1.97. The zero-order valence-corrected chi connectivity index (χ0v) is 18.5. The number of benzene rings is 1. The summed E-state index contributed by atoms with van der Waals surface area (Å²) >= 11 is 6.35. The van der Waals surface area contributed by atoms with Crippen LogP contribution in [0.15, 0.2) is 35.2 Å². The van der Waals surface area contributed by atoms with Crippen LogP contribution in [-0.4, -0.2) is 43.5 Å². The molecule has 168 valence electrons. The molecule has 1 aliphatic heterocycles. The lowest BCUT2D eigenvalue weighted by Crippen LogP contribution is -2.47. The largest absolute Gasteiger partial charge is 0.379 e. The minimum absolute atomic E-state index is 0.111. The molecule has 0 amide bonds. The van der Waals surface area contributed by atoms with E-state index >= 15 is 0 Å². The highest BCUT2D eigenvalue weighted by Gasteiger charge is 2.32. The second kappa shape index (κ2) is 9.26. The summed E-state index contributed by atoms with van der Waals surface area (Å²) in [5.41, 5.74) is 0.373. The number of anilines is 2. The average molecular weight is 471 g/mol. The van der Waals surface area contributed by atoms with Gasteiger partial charge >= 0.3 is 0 Å². The molecule has 1 aromatic carbocycles. The summed E-state index contributed by atoms with van der Waals surface area (Å²) in [7, 11) is -4.33. The van der Waals surface area contributed by atoms with E-state index in [-0.39, 0.29) is 16.9 Å². The molecule has 2 heterocycles. The first-order valence-corrected chi connectivity index (χ1v) is 12.3. The van der Waals surface area contributed by atoms with Crippen LogP contribution in [0.25, 0.3) is 0 Å². The molecule has 2 N–H and O–H groups in total. The van der Waals surface area contributed by atoms with Gasteiger partial charge in [-0.2, -0.15) is 4.39 Å². The van der Waals surface area contributed by atoms with Crippen molar-refractivity contribution >= 4 is 33.1 Å². The van der Waals surface area contributed by atoms with Crippen molar-refractivity contribution in [2.75, 3.05) is 23.1 Å². The summed E-state index contributed by atoms with van der Waals surface area (Å²) in [5, 5.41) is 3.47. The highest BCUT2D eigenvalue weighted by Crippen LogP contribution is 2.33. The van der Waals surface area contributed by atoms with Crippen molar-refractivity contribution < 1.29 is 17.2 Å². The molecule has 0 bridgehead atoms. The van der Waals surface area contributed by atoms with Gasteiger partial charge in [0.25, 0.3) is 10.0 Å². The number of halogens is 3. The van der Waals surface area contributed by atoms with Crippen LogP contribution in [0.1, 0.15) is 38.5 Å². The van der Waals surface area contributed by atoms with E-state index in [4.69, 9.17) is 11.6 Å². The van der Waals surface area contributed by atoms with Gasteiger partial charge in [0.1, 0.15) is 16.5 Å². The van der Waals surface area contributed by atoms with Gasteiger partial charge in [-0.3, -0.25) is 9.62 Å². The van der Waals surface area contributed by atoms with E-state index < -0.39 is 26.7 Å². The first kappa shape index (κ1) is 22.2. The molecule has 1 aromatic heterocycles. The van der Waals surface area contributed by atoms with Crippen LogP contribution >= 0.6 is 11.6 Å². The van der Waals surface area contributed by atoms with Crippen LogP contribution in [-0.2, 0) is 10.0 Å². The third-order valence-electron chi connectivity index (χ3n) is 5.95. The van der Waals surface area contributed by atoms with Crippen molar-refractivity contribution in [3.05, 3.63) is 47.1 Å². The number of sulfonamides is 1. The Balaban J connectivity index is 1.55. The second-order valence-corrected chi connectivity index (χ2v) is 10.1. The minimum Gasteiger partial charge on any atom is -0.379 e. The number of likely N-dealkylation sites (tertiary alicyclic amines) is 1. The van der Waals surface area contributed by atoms with Crippen LogP contribution in [0.3, 0.4) is 0 Å². The van der Waals surface area contributed by atoms with Crippen LogP contribution in [0.4, 0.5) is 20.3 Å². The minimum atomic E-state index is -4.33. The molecule has 2 fully saturated rings. The summed E-state index contributed by atoms with van der Waals surface area (Å²) < 4.78 is 55.4. The molecule has 31 heavy (non-hydrogen) atoms. The third kappa shape index (κ3) is 5.10. The molecule has 2 atom stereocenters. The Bertz CT molecular complexity index is 1050. The lowest BCUT2D eigenvalue weighted by Gasteiger charge is -2.39. The molecule has 1 saturated carbocycles. The molecule has 0 spiro atoms. The molecule has 4 rings (SSSR count). The number of nitrogens with one attached hydrogen (secondary N) is 2. The lowest BCUT2D eigenvalue weighted by atomic mass is 9.89. The molecule has 1 saturated heterocycles. The topological polar surface area (TPSA) is 74.3 Å². The molecule has 6 nitrogen and oxygen atoms in total. The normalized spacial score (nSPS) is 22.4. The number of aromatic nitrogens is 1. The van der Waals surface area contributed by atoms with E-state index in [1.165, 1.54) is 31.4 Å². The van der Waals surface area contributed by atoms with Gasteiger partial charge in [-0.15, -0.1) is 0 Å². The molecule has 2 aliphatic rings. The molecule has 0 radical (unpaired) electrons. The third-order valence-corrected chi connectivity index (χ3v) is 7.63. The summed E-state index contributed by atoms with van der Waals surface area (Å²) in [6.07, 6.45) is 6.66. The van der Waals surface area contributed by atoms with Crippen molar-refractivity contribution in [1.29, 1.82) is 0 Å². The molecular weight excluding hydrogens is 446 g/mol. The quantitative estimate of drug-likeness (QED) is 0.602. The van der Waals surface area contributed by atoms with E-state index in [9.17, 15) is 17.2 Å². The van der Waals surface area contributed by atoms with Gasteiger partial charge in [0.05, 0.1) is 10.7 Å². The summed E-state index contributed by atoms with van der Waals surface area (Å²) in [6, 6.07) is 6.34. The average Bonchev–Trinajstić information content (AvgIpc) is 3.25. The zero-order chi connectivity index (χ0) is 22.0. The highest BCUT2D eigenvalue weighted by atomic mass is 35.5. The monoisotopic (exact) mass is 470 g/mol. The SMILES string of the molecule is O=S(=O)(Nc1cccc(F)n1)c1cc(Cl)c(N[C@@H]2CCCC[C@H]2N2CCCC2)cc1F. The van der Waals surface area contributed by atoms with Gasteiger partial charge in [0.15, 0.2) is 0 Å². The van der Waals surface area contributed by atoms with Crippen LogP contribution < -0.4 is 10.0 Å². The number of rotatable bonds is 6. The van der Waals surface area contributed by atoms with Gasteiger partial charge in [0.2, 0.25) is 5.95 Å². The number of hydrogen-bond acceptors (Lipinski definition) is 5. The number of nitrogens with zero attached hydrogens (tertiary/aromatic N) is 2. The Morgan fingerprint density at radius 1 is 1.06 bits per heavy atom. The van der Waals surface area contributed by atoms with Gasteiger partial charge < -0.3 is 5.32 Å². The molecule has 2 aromatic rings. The van der Waals surface area contributed by atoms with Gasteiger partial charge in [-0.1, -0.05) is 30.5 Å². The maximum absolute atomic E-state index is 14.8. The summed E-state index contributed by atoms with van der Waals surface area (Å²) in [4.78, 5) is 5.31. The van der Waals surface area contributed by atoms with E-state index in [0.29, 0.717) is 11.7 Å². The fourth-order valence-electron chi connectivity index (χ4n) is 4.49. The van der Waals surface area contributed by atoms with E-state index in [0.717, 1.165) is 50.6 Å². The fourth-order valence-corrected chi connectivity index (χ4v) is 5.86. The van der Waals surface area contributed by atoms with Crippen molar-refractivity contribution in [1.82, 2.24) is 9.88 Å². The smallest absolute Gasteiger partial charge is 0.266 e. The van der Waals surface area contributed by atoms with Crippen molar-refractivity contribution in [2.24, 2.45) is 0 Å². The van der Waals surface area contributed by atoms with E-state index in [2.05, 4.69) is 19.9 Å². The Morgan fingerprint density at radius 3 is 2.55 bits per heavy atom. The second-order valence-electron chi connectivity index (χ2n) is 8.06. The first-order chi connectivity index (χ1) is 14.8. The predicted octanol–water partition coefficient (Wildman–Crippen LogP) is 4.63. The van der Waals surface area contributed by atoms with Crippen LogP contribution in [0.2, 0.25) is 5.02 Å². The van der Waals surface area contributed by atoms with E-state index in [1.54, 1.807) is 0 Å². The predicted molar refractivity (Wildman–Crippen MR) is 117 cm³/mol. The van der Waals surface area contributed by atoms with Gasteiger partial charge in [0, 0.05) is 12.1 Å². The van der Waals surface area contributed by atoms with Crippen molar-refractivity contribution in [2.45, 2.75) is 55.5 Å². The fraction of sp³-hybridized carbons (Fsp3) is 0.476. The summed E-state index contributed by atoms with van der Waals surface area (Å²) in [6.45, 7) is 2.14. The van der Waals surface area contributed by atoms with Crippen molar-refractivity contribution in [3.8, 4) is 0 Å². The standard InChI is InChI=1S/C21H25ClF2N4O2S/c22-14-12-19(31(29,30)27-21-9-5-8-20(24)26-21)15(23)13-17(14)25-16-6-1-2-7-18(16)28-10-3-4-11-28/h5,8-9,12-13,16,18,25H,1-4,6-7,10-11H2,(H,26,27)/t16-,18-/m1/s1. The first-order valence-electron chi connectivity index (χ1n) is 10.5. The van der Waals surface area contributed by atoms with Gasteiger partial charge in [-0.05, 0) is 63.0 Å². The Morgan fingerprint density at radius 2 is 1.81 bits per heavy atom. The maximum Gasteiger partial charge on any atom is 0.266 e. The maximum atomic E-state index is 14.8. The Labute approximate surface area is 186 Å². The molecule has 1 aliphatic carbocycles. The lowest BCUT2D eigenvalue weighted by molar-refractivity contribution is 0.177. The van der Waals surface area contributed by atoms with Crippen LogP contribution in [0, 0.1) is 11.8 Å². The van der Waals surface area contributed by atoms with E-state index in [1.807, 2.05) is 0 Å². The van der Waals surface area contributed by atoms with Crippen LogP contribution in [0.5, 0.6) is 0 Å². The number of pyridine rings is 1.